The van der Waals surface area contributed by atoms with Crippen molar-refractivity contribution in [1.82, 2.24) is 5.32 Å². The van der Waals surface area contributed by atoms with Crippen LogP contribution in [0.2, 0.25) is 0 Å². The number of hydrogen-bond acceptors (Lipinski definition) is 6. The van der Waals surface area contributed by atoms with Crippen molar-refractivity contribution in [3.63, 3.8) is 0 Å². The summed E-state index contributed by atoms with van der Waals surface area (Å²) in [6, 6.07) is 9.76. The first-order valence-corrected chi connectivity index (χ1v) is 8.97. The highest BCUT2D eigenvalue weighted by atomic mass is 16.5. The lowest BCUT2D eigenvalue weighted by Gasteiger charge is -2.18. The number of rotatable bonds is 8. The van der Waals surface area contributed by atoms with Gasteiger partial charge in [0.15, 0.2) is 6.61 Å². The molecule has 0 aliphatic carbocycles. The van der Waals surface area contributed by atoms with Crippen LogP contribution in [0.1, 0.15) is 30.6 Å². The Labute approximate surface area is 164 Å². The number of carbonyl (C=O) groups excluding carboxylic acids is 3. The van der Waals surface area contributed by atoms with Gasteiger partial charge in [0.1, 0.15) is 11.8 Å². The van der Waals surface area contributed by atoms with E-state index >= 15 is 0 Å². The van der Waals surface area contributed by atoms with Gasteiger partial charge in [-0.2, -0.15) is 0 Å². The highest BCUT2D eigenvalue weighted by molar-refractivity contribution is 6.06. The largest absolute Gasteiger partial charge is 0.496 e. The van der Waals surface area contributed by atoms with E-state index in [4.69, 9.17) is 14.2 Å². The van der Waals surface area contributed by atoms with E-state index in [2.05, 4.69) is 5.32 Å². The van der Waals surface area contributed by atoms with Crippen LogP contribution in [0.15, 0.2) is 36.4 Å². The molecule has 0 aromatic heterocycles. The van der Waals surface area contributed by atoms with Crippen molar-refractivity contribution in [1.29, 1.82) is 0 Å². The minimum Gasteiger partial charge on any atom is -0.496 e. The second-order valence-electron chi connectivity index (χ2n) is 6.71. The Balaban J connectivity index is 2.06. The molecule has 2 aromatic carbocycles. The molecule has 7 heteroatoms. The van der Waals surface area contributed by atoms with Crippen molar-refractivity contribution in [3.8, 4) is 5.75 Å². The van der Waals surface area contributed by atoms with Gasteiger partial charge in [-0.1, -0.05) is 38.1 Å². The zero-order valence-electron chi connectivity index (χ0n) is 16.5. The molecule has 0 saturated heterocycles. The molecule has 1 amide bonds. The lowest BCUT2D eigenvalue weighted by Crippen LogP contribution is -2.44. The topological polar surface area (TPSA) is 90.9 Å². The van der Waals surface area contributed by atoms with Gasteiger partial charge in [0.25, 0.3) is 5.91 Å². The molecular formula is C21H25NO6. The molecule has 2 rings (SSSR count). The third kappa shape index (κ3) is 5.22. The molecule has 28 heavy (non-hydrogen) atoms. The zero-order valence-corrected chi connectivity index (χ0v) is 16.5. The molecule has 1 atom stereocenters. The Kier molecular flexibility index (Phi) is 7.37. The standard InChI is InChI=1S/C21H25NO6/c1-13(2)11-17(21(25)27-4)22-19(23)12-28-20(24)16-9-10-18(26-3)15-8-6-5-7-14(15)16/h5-10,13,17H,11-12H2,1-4H3,(H,22,23)/t17-/m0/s1. The van der Waals surface area contributed by atoms with Crippen molar-refractivity contribution in [2.75, 3.05) is 20.8 Å². The number of carbonyl (C=O) groups is 3. The summed E-state index contributed by atoms with van der Waals surface area (Å²) in [4.78, 5) is 36.4. The van der Waals surface area contributed by atoms with Crippen molar-refractivity contribution < 1.29 is 28.6 Å². The number of methoxy groups -OCH3 is 2. The first kappa shape index (κ1) is 21.2. The van der Waals surface area contributed by atoms with E-state index in [9.17, 15) is 14.4 Å². The second-order valence-corrected chi connectivity index (χ2v) is 6.71. The third-order valence-corrected chi connectivity index (χ3v) is 4.19. The van der Waals surface area contributed by atoms with E-state index in [-0.39, 0.29) is 5.92 Å². The maximum atomic E-state index is 12.5. The van der Waals surface area contributed by atoms with Crippen LogP contribution in [-0.2, 0) is 19.1 Å². The lowest BCUT2D eigenvalue weighted by molar-refractivity contribution is -0.145. The van der Waals surface area contributed by atoms with Gasteiger partial charge in [0.2, 0.25) is 0 Å². The molecule has 0 heterocycles. The molecular weight excluding hydrogens is 362 g/mol. The van der Waals surface area contributed by atoms with Crippen LogP contribution in [0.25, 0.3) is 10.8 Å². The Hall–Kier alpha value is -3.09. The van der Waals surface area contributed by atoms with Crippen LogP contribution in [0, 0.1) is 5.92 Å². The van der Waals surface area contributed by atoms with Crippen molar-refractivity contribution in [2.24, 2.45) is 5.92 Å². The van der Waals surface area contributed by atoms with Crippen molar-refractivity contribution in [3.05, 3.63) is 42.0 Å². The summed E-state index contributed by atoms with van der Waals surface area (Å²) < 4.78 is 15.2. The Morgan fingerprint density at radius 3 is 2.29 bits per heavy atom. The number of fused-ring (bicyclic) bond motifs is 1. The Morgan fingerprint density at radius 1 is 1.00 bits per heavy atom. The predicted molar refractivity (Wildman–Crippen MR) is 104 cm³/mol. The highest BCUT2D eigenvalue weighted by Gasteiger charge is 2.23. The van der Waals surface area contributed by atoms with Crippen molar-refractivity contribution >= 4 is 28.6 Å². The van der Waals surface area contributed by atoms with Crippen LogP contribution in [-0.4, -0.2) is 44.7 Å². The number of esters is 2. The van der Waals surface area contributed by atoms with E-state index in [1.807, 2.05) is 26.0 Å². The minimum atomic E-state index is -0.780. The summed E-state index contributed by atoms with van der Waals surface area (Å²) in [6.07, 6.45) is 0.426. The first-order chi connectivity index (χ1) is 13.4. The quantitative estimate of drug-likeness (QED) is 0.701. The molecule has 0 saturated carbocycles. The average Bonchev–Trinajstić information content (AvgIpc) is 2.69. The highest BCUT2D eigenvalue weighted by Crippen LogP contribution is 2.28. The number of amides is 1. The summed E-state index contributed by atoms with van der Waals surface area (Å²) >= 11 is 0. The molecule has 0 radical (unpaired) electrons. The van der Waals surface area contributed by atoms with Crippen LogP contribution in [0.4, 0.5) is 0 Å². The Bertz CT molecular complexity index is 861. The summed E-state index contributed by atoms with van der Waals surface area (Å²) in [7, 11) is 2.82. The maximum Gasteiger partial charge on any atom is 0.339 e. The first-order valence-electron chi connectivity index (χ1n) is 8.97. The number of ether oxygens (including phenoxy) is 3. The van der Waals surface area contributed by atoms with E-state index in [0.717, 1.165) is 5.39 Å². The molecule has 1 N–H and O–H groups in total. The van der Waals surface area contributed by atoms with E-state index in [1.54, 1.807) is 31.4 Å². The normalized spacial score (nSPS) is 11.8. The van der Waals surface area contributed by atoms with Crippen LogP contribution in [0.3, 0.4) is 0 Å². The van der Waals surface area contributed by atoms with E-state index < -0.39 is 30.5 Å². The van der Waals surface area contributed by atoms with E-state index in [0.29, 0.717) is 23.1 Å². The molecule has 0 spiro atoms. The van der Waals surface area contributed by atoms with Gasteiger partial charge in [-0.15, -0.1) is 0 Å². The molecule has 0 unspecified atom stereocenters. The monoisotopic (exact) mass is 387 g/mol. The SMILES string of the molecule is COC(=O)[C@H](CC(C)C)NC(=O)COC(=O)c1ccc(OC)c2ccccc12. The fourth-order valence-electron chi connectivity index (χ4n) is 2.90. The summed E-state index contributed by atoms with van der Waals surface area (Å²) in [5.74, 6) is -0.915. The molecule has 0 aliphatic heterocycles. The minimum absolute atomic E-state index is 0.178. The molecule has 0 aliphatic rings. The maximum absolute atomic E-state index is 12.5. The fraction of sp³-hybridized carbons (Fsp3) is 0.381. The summed E-state index contributed by atoms with van der Waals surface area (Å²) in [5.41, 5.74) is 0.330. The number of hydrogen-bond donors (Lipinski definition) is 1. The predicted octanol–water partition coefficient (Wildman–Crippen LogP) is 2.71. The summed E-state index contributed by atoms with van der Waals surface area (Å²) in [6.45, 7) is 3.36. The van der Waals surface area contributed by atoms with Crippen LogP contribution < -0.4 is 10.1 Å². The fourth-order valence-corrected chi connectivity index (χ4v) is 2.90. The molecule has 7 nitrogen and oxygen atoms in total. The van der Waals surface area contributed by atoms with Gasteiger partial charge in [0.05, 0.1) is 19.8 Å². The molecule has 150 valence electrons. The van der Waals surface area contributed by atoms with Gasteiger partial charge < -0.3 is 19.5 Å². The third-order valence-electron chi connectivity index (χ3n) is 4.19. The summed E-state index contributed by atoms with van der Waals surface area (Å²) in [5, 5.41) is 3.99. The van der Waals surface area contributed by atoms with Gasteiger partial charge in [-0.25, -0.2) is 9.59 Å². The number of benzene rings is 2. The second kappa shape index (κ2) is 9.73. The van der Waals surface area contributed by atoms with Gasteiger partial charge in [-0.05, 0) is 29.9 Å². The van der Waals surface area contributed by atoms with Gasteiger partial charge in [0, 0.05) is 5.39 Å². The van der Waals surface area contributed by atoms with Gasteiger partial charge in [-0.3, -0.25) is 4.79 Å². The zero-order chi connectivity index (χ0) is 20.7. The van der Waals surface area contributed by atoms with Crippen LogP contribution >= 0.6 is 0 Å². The molecule has 0 bridgehead atoms. The lowest BCUT2D eigenvalue weighted by atomic mass is 10.0. The molecule has 2 aromatic rings. The number of nitrogens with one attached hydrogen (secondary N) is 1. The smallest absolute Gasteiger partial charge is 0.339 e. The Morgan fingerprint density at radius 2 is 1.68 bits per heavy atom. The van der Waals surface area contributed by atoms with Crippen molar-refractivity contribution in [2.45, 2.75) is 26.3 Å². The molecule has 0 fully saturated rings. The van der Waals surface area contributed by atoms with E-state index in [1.165, 1.54) is 7.11 Å². The average molecular weight is 387 g/mol. The van der Waals surface area contributed by atoms with Gasteiger partial charge >= 0.3 is 11.9 Å². The van der Waals surface area contributed by atoms with Crippen LogP contribution in [0.5, 0.6) is 5.75 Å².